The highest BCUT2D eigenvalue weighted by Crippen LogP contribution is 2.36. The topological polar surface area (TPSA) is 61.5 Å². The molecule has 0 bridgehead atoms. The Morgan fingerprint density at radius 3 is 2.62 bits per heavy atom. The van der Waals surface area contributed by atoms with Gasteiger partial charge in [-0.2, -0.15) is 5.10 Å². The highest BCUT2D eigenvalue weighted by atomic mass is 16.5. The first-order valence-electron chi connectivity index (χ1n) is 11.4. The van der Waals surface area contributed by atoms with Crippen molar-refractivity contribution in [1.82, 2.24) is 20.0 Å². The molecule has 0 saturated heterocycles. The molecule has 0 aliphatic heterocycles. The third-order valence-electron chi connectivity index (χ3n) is 6.07. The van der Waals surface area contributed by atoms with Crippen molar-refractivity contribution in [3.05, 3.63) is 17.5 Å². The molecule has 2 rings (SSSR count). The number of hydrogen-bond donors (Lipinski definition) is 1. The van der Waals surface area contributed by atoms with Gasteiger partial charge < -0.3 is 14.5 Å². The average Bonchev–Trinajstić information content (AvgIpc) is 3.14. The summed E-state index contributed by atoms with van der Waals surface area (Å²) in [5.74, 6) is 1.19. The maximum Gasteiger partial charge on any atom is 0.223 e. The molecule has 1 fully saturated rings. The quantitative estimate of drug-likeness (QED) is 0.565. The Kier molecular flexibility index (Phi) is 10.2. The zero-order valence-corrected chi connectivity index (χ0v) is 19.2. The minimum Gasteiger partial charge on any atom is -0.383 e. The van der Waals surface area contributed by atoms with E-state index < -0.39 is 0 Å². The molecule has 0 radical (unpaired) electrons. The first-order valence-corrected chi connectivity index (χ1v) is 11.4. The predicted molar refractivity (Wildman–Crippen MR) is 118 cm³/mol. The number of rotatable bonds is 12. The molecule has 1 heterocycles. The van der Waals surface area contributed by atoms with Gasteiger partial charge in [0, 0.05) is 49.8 Å². The van der Waals surface area contributed by atoms with Gasteiger partial charge in [0.15, 0.2) is 0 Å². The number of carbonyl (C=O) groups is 1. The zero-order chi connectivity index (χ0) is 21.2. The summed E-state index contributed by atoms with van der Waals surface area (Å²) in [7, 11) is 3.90. The first-order chi connectivity index (χ1) is 14.0. The van der Waals surface area contributed by atoms with Crippen LogP contribution >= 0.6 is 0 Å². The molecule has 1 aliphatic rings. The minimum atomic E-state index is 0.278. The van der Waals surface area contributed by atoms with Gasteiger partial charge in [-0.15, -0.1) is 0 Å². The molecule has 29 heavy (non-hydrogen) atoms. The van der Waals surface area contributed by atoms with Gasteiger partial charge in [-0.25, -0.2) is 0 Å². The summed E-state index contributed by atoms with van der Waals surface area (Å²) in [6.45, 7) is 9.85. The van der Waals surface area contributed by atoms with Crippen molar-refractivity contribution in [2.24, 2.45) is 5.92 Å². The largest absolute Gasteiger partial charge is 0.383 e. The van der Waals surface area contributed by atoms with Crippen molar-refractivity contribution < 1.29 is 9.53 Å². The second-order valence-corrected chi connectivity index (χ2v) is 9.08. The van der Waals surface area contributed by atoms with Crippen LogP contribution in [0.25, 0.3) is 0 Å². The summed E-state index contributed by atoms with van der Waals surface area (Å²) in [6, 6.07) is 0.339. The Labute approximate surface area is 177 Å². The maximum absolute atomic E-state index is 12.8. The molecular formula is C23H42N4O2. The maximum atomic E-state index is 12.8. The molecule has 1 aliphatic carbocycles. The Bertz CT molecular complexity index is 593. The molecule has 166 valence electrons. The summed E-state index contributed by atoms with van der Waals surface area (Å²) in [5, 5.41) is 7.64. The van der Waals surface area contributed by atoms with E-state index in [4.69, 9.17) is 4.74 Å². The number of ether oxygens (including phenoxy) is 1. The molecule has 1 saturated carbocycles. The smallest absolute Gasteiger partial charge is 0.223 e. The van der Waals surface area contributed by atoms with Crippen LogP contribution in [0.2, 0.25) is 0 Å². The molecule has 1 N–H and O–H groups in total. The Morgan fingerprint density at radius 2 is 2.00 bits per heavy atom. The van der Waals surface area contributed by atoms with E-state index in [2.05, 4.69) is 47.8 Å². The van der Waals surface area contributed by atoms with Gasteiger partial charge in [0.1, 0.15) is 0 Å². The van der Waals surface area contributed by atoms with Gasteiger partial charge in [-0.3, -0.25) is 9.89 Å². The molecule has 0 aromatic carbocycles. The van der Waals surface area contributed by atoms with Crippen LogP contribution in [0.3, 0.4) is 0 Å². The lowest BCUT2D eigenvalue weighted by atomic mass is 9.82. The highest BCUT2D eigenvalue weighted by molar-refractivity contribution is 5.76. The minimum absolute atomic E-state index is 0.278. The summed E-state index contributed by atoms with van der Waals surface area (Å²) < 4.78 is 5.27. The lowest BCUT2D eigenvalue weighted by molar-refractivity contribution is -0.135. The summed E-state index contributed by atoms with van der Waals surface area (Å²) >= 11 is 0. The van der Waals surface area contributed by atoms with Crippen LogP contribution in [-0.2, 0) is 16.1 Å². The number of aromatic amines is 1. The third kappa shape index (κ3) is 7.41. The normalized spacial score (nSPS) is 19.8. The Hall–Kier alpha value is -1.40. The van der Waals surface area contributed by atoms with Gasteiger partial charge in [0.25, 0.3) is 0 Å². The van der Waals surface area contributed by atoms with Crippen molar-refractivity contribution in [1.29, 1.82) is 0 Å². The molecule has 6 heteroatoms. The lowest BCUT2D eigenvalue weighted by Gasteiger charge is -2.37. The summed E-state index contributed by atoms with van der Waals surface area (Å²) in [5.41, 5.74) is 2.64. The predicted octanol–water partition coefficient (Wildman–Crippen LogP) is 4.19. The zero-order valence-electron chi connectivity index (χ0n) is 19.2. The highest BCUT2D eigenvalue weighted by Gasteiger charge is 2.31. The monoisotopic (exact) mass is 406 g/mol. The van der Waals surface area contributed by atoms with E-state index >= 15 is 0 Å². The van der Waals surface area contributed by atoms with E-state index in [0.29, 0.717) is 37.5 Å². The number of nitrogens with zero attached hydrogens (tertiary/aromatic N) is 3. The number of amides is 1. The number of H-pyrrole nitrogens is 1. The van der Waals surface area contributed by atoms with Gasteiger partial charge in [-0.1, -0.05) is 27.2 Å². The van der Waals surface area contributed by atoms with Crippen LogP contribution in [0.5, 0.6) is 0 Å². The number of carbonyl (C=O) groups excluding carboxylic acids is 1. The molecule has 6 nitrogen and oxygen atoms in total. The van der Waals surface area contributed by atoms with Crippen molar-refractivity contribution in [2.45, 2.75) is 84.2 Å². The van der Waals surface area contributed by atoms with Crippen molar-refractivity contribution in [2.75, 3.05) is 33.9 Å². The third-order valence-corrected chi connectivity index (χ3v) is 6.07. The van der Waals surface area contributed by atoms with Gasteiger partial charge >= 0.3 is 0 Å². The summed E-state index contributed by atoms with van der Waals surface area (Å²) in [6.07, 6.45) is 9.41. The van der Waals surface area contributed by atoms with Crippen LogP contribution in [-0.4, -0.2) is 65.8 Å². The van der Waals surface area contributed by atoms with Crippen molar-refractivity contribution in [3.63, 3.8) is 0 Å². The second-order valence-electron chi connectivity index (χ2n) is 9.08. The fraction of sp³-hybridized carbons (Fsp3) is 0.826. The average molecular weight is 407 g/mol. The van der Waals surface area contributed by atoms with Crippen LogP contribution in [0.4, 0.5) is 0 Å². The number of aromatic nitrogens is 2. The molecule has 1 aromatic heterocycles. The van der Waals surface area contributed by atoms with Crippen molar-refractivity contribution >= 4 is 5.91 Å². The molecular weight excluding hydrogens is 364 g/mol. The van der Waals surface area contributed by atoms with Crippen molar-refractivity contribution in [3.8, 4) is 0 Å². The van der Waals surface area contributed by atoms with E-state index in [9.17, 15) is 4.79 Å². The van der Waals surface area contributed by atoms with Gasteiger partial charge in [0.2, 0.25) is 5.91 Å². The van der Waals surface area contributed by atoms with E-state index in [1.165, 1.54) is 24.1 Å². The second kappa shape index (κ2) is 12.3. The lowest BCUT2D eigenvalue weighted by Crippen LogP contribution is -2.44. The number of unbranched alkanes of at least 4 members (excludes halogenated alkanes) is 1. The number of methoxy groups -OCH3 is 1. The van der Waals surface area contributed by atoms with Crippen LogP contribution in [0, 0.1) is 5.92 Å². The Balaban J connectivity index is 1.95. The molecule has 0 atom stereocenters. The van der Waals surface area contributed by atoms with Crippen LogP contribution in [0.1, 0.15) is 82.9 Å². The SMILES string of the molecule is CCCCN(C)Cc1cn[nH]c1C1CCC(N(CCOC)C(=O)CC(C)C)CC1. The molecule has 0 spiro atoms. The summed E-state index contributed by atoms with van der Waals surface area (Å²) in [4.78, 5) is 17.3. The van der Waals surface area contributed by atoms with Gasteiger partial charge in [0.05, 0.1) is 12.8 Å². The van der Waals surface area contributed by atoms with E-state index in [1.54, 1.807) is 7.11 Å². The van der Waals surface area contributed by atoms with Crippen LogP contribution < -0.4 is 0 Å². The fourth-order valence-electron chi connectivity index (χ4n) is 4.44. The van der Waals surface area contributed by atoms with E-state index in [1.807, 2.05) is 6.20 Å². The van der Waals surface area contributed by atoms with E-state index in [0.717, 1.165) is 38.8 Å². The fourth-order valence-corrected chi connectivity index (χ4v) is 4.44. The van der Waals surface area contributed by atoms with E-state index in [-0.39, 0.29) is 5.91 Å². The molecule has 0 unspecified atom stereocenters. The Morgan fingerprint density at radius 1 is 1.28 bits per heavy atom. The standard InChI is InChI=1S/C23H42N4O2/c1-6-7-12-26(4)17-20-16-24-25-23(20)19-8-10-21(11-9-19)27(13-14-29-5)22(28)15-18(2)3/h16,18-19,21H,6-15,17H2,1-5H3,(H,24,25). The molecule has 1 aromatic rings. The van der Waals surface area contributed by atoms with Crippen LogP contribution in [0.15, 0.2) is 6.20 Å². The number of hydrogen-bond acceptors (Lipinski definition) is 4. The molecule has 1 amide bonds. The number of nitrogens with one attached hydrogen (secondary N) is 1. The van der Waals surface area contributed by atoms with Gasteiger partial charge in [-0.05, 0) is 51.6 Å². The first kappa shape index (κ1) is 23.9.